The van der Waals surface area contributed by atoms with E-state index in [1.807, 2.05) is 11.8 Å². The number of piperidine rings is 1. The minimum absolute atomic E-state index is 0.0229. The van der Waals surface area contributed by atoms with Gasteiger partial charge in [-0.3, -0.25) is 9.18 Å². The Balaban J connectivity index is 1.86. The number of carbonyl (C=O) groups is 1. The van der Waals surface area contributed by atoms with Crippen LogP contribution in [0.5, 0.6) is 0 Å². The van der Waals surface area contributed by atoms with E-state index in [-0.39, 0.29) is 24.0 Å². The Morgan fingerprint density at radius 2 is 2.19 bits per heavy atom. The molecule has 0 saturated carbocycles. The number of nitrogens with zero attached hydrogens (tertiary/aromatic N) is 1. The van der Waals surface area contributed by atoms with E-state index in [9.17, 15) is 9.18 Å². The quantitative estimate of drug-likeness (QED) is 0.773. The number of alkyl halides is 1. The second-order valence-corrected chi connectivity index (χ2v) is 5.42. The number of halogens is 1. The van der Waals surface area contributed by atoms with Crippen LogP contribution in [0.1, 0.15) is 32.6 Å². The molecule has 0 aliphatic carbocycles. The highest BCUT2D eigenvalue weighted by atomic mass is 19.1. The Bertz CT molecular complexity index is 256. The molecule has 1 N–H and O–H groups in total. The van der Waals surface area contributed by atoms with Crippen LogP contribution in [0.4, 0.5) is 4.39 Å². The summed E-state index contributed by atoms with van der Waals surface area (Å²) >= 11 is 0. The van der Waals surface area contributed by atoms with Gasteiger partial charge in [0.05, 0.1) is 12.7 Å². The monoisotopic (exact) mass is 228 g/mol. The van der Waals surface area contributed by atoms with Crippen LogP contribution in [-0.4, -0.2) is 43.2 Å². The zero-order valence-electron chi connectivity index (χ0n) is 9.97. The van der Waals surface area contributed by atoms with E-state index in [1.54, 1.807) is 0 Å². The van der Waals surface area contributed by atoms with Gasteiger partial charge in [-0.1, -0.05) is 6.92 Å². The number of nitrogens with one attached hydrogen (secondary N) is 1. The van der Waals surface area contributed by atoms with Gasteiger partial charge in [0.15, 0.2) is 0 Å². The Labute approximate surface area is 96.4 Å². The highest BCUT2D eigenvalue weighted by molar-refractivity contribution is 5.82. The normalized spacial score (nSPS) is 29.4. The molecule has 2 rings (SSSR count). The van der Waals surface area contributed by atoms with E-state index < -0.39 is 0 Å². The van der Waals surface area contributed by atoms with Gasteiger partial charge in [0.2, 0.25) is 5.91 Å². The Morgan fingerprint density at radius 1 is 1.50 bits per heavy atom. The molecular formula is C12H21FN2O. The summed E-state index contributed by atoms with van der Waals surface area (Å²) in [4.78, 5) is 14.0. The maximum atomic E-state index is 12.8. The summed E-state index contributed by atoms with van der Waals surface area (Å²) < 4.78 is 12.8. The molecule has 0 unspecified atom stereocenters. The molecule has 0 bridgehead atoms. The predicted molar refractivity (Wildman–Crippen MR) is 60.9 cm³/mol. The molecule has 1 amide bonds. The molecule has 92 valence electrons. The number of likely N-dealkylation sites (tertiary alicyclic amines) is 1. The summed E-state index contributed by atoms with van der Waals surface area (Å²) in [5.74, 6) is 0.221. The van der Waals surface area contributed by atoms with Crippen molar-refractivity contribution in [2.24, 2.45) is 5.41 Å². The van der Waals surface area contributed by atoms with E-state index in [0.29, 0.717) is 0 Å². The van der Waals surface area contributed by atoms with Gasteiger partial charge in [-0.05, 0) is 37.6 Å². The molecule has 2 aliphatic rings. The molecule has 0 radical (unpaired) electrons. The lowest BCUT2D eigenvalue weighted by Gasteiger charge is -2.38. The Kier molecular flexibility index (Phi) is 3.47. The van der Waals surface area contributed by atoms with Crippen molar-refractivity contribution in [3.63, 3.8) is 0 Å². The van der Waals surface area contributed by atoms with Gasteiger partial charge >= 0.3 is 0 Å². The smallest absolute Gasteiger partial charge is 0.239 e. The predicted octanol–water partition coefficient (Wildman–Crippen LogP) is 1.34. The van der Waals surface area contributed by atoms with Gasteiger partial charge < -0.3 is 10.2 Å². The van der Waals surface area contributed by atoms with Gasteiger partial charge in [0.1, 0.15) is 0 Å². The fourth-order valence-corrected chi connectivity index (χ4v) is 2.52. The molecule has 0 aromatic heterocycles. The zero-order chi connectivity index (χ0) is 11.6. The maximum Gasteiger partial charge on any atom is 0.239 e. The van der Waals surface area contributed by atoms with Gasteiger partial charge in [-0.15, -0.1) is 0 Å². The third-order valence-corrected chi connectivity index (χ3v) is 3.96. The molecule has 0 aromatic carbocycles. The van der Waals surface area contributed by atoms with Crippen LogP contribution in [0.2, 0.25) is 0 Å². The molecule has 16 heavy (non-hydrogen) atoms. The number of hydrogen-bond acceptors (Lipinski definition) is 2. The molecule has 0 aromatic rings. The molecule has 2 aliphatic heterocycles. The molecule has 4 heteroatoms. The average molecular weight is 228 g/mol. The fourth-order valence-electron chi connectivity index (χ4n) is 2.52. The van der Waals surface area contributed by atoms with Crippen LogP contribution in [0.3, 0.4) is 0 Å². The second kappa shape index (κ2) is 4.70. The van der Waals surface area contributed by atoms with E-state index in [1.165, 1.54) is 0 Å². The summed E-state index contributed by atoms with van der Waals surface area (Å²) in [6.45, 7) is 4.10. The summed E-state index contributed by atoms with van der Waals surface area (Å²) in [6.07, 6.45) is 3.63. The van der Waals surface area contributed by atoms with Crippen molar-refractivity contribution in [2.45, 2.75) is 38.6 Å². The van der Waals surface area contributed by atoms with Gasteiger partial charge in [0, 0.05) is 13.1 Å². The Hall–Kier alpha value is -0.640. The van der Waals surface area contributed by atoms with Crippen molar-refractivity contribution in [1.82, 2.24) is 10.2 Å². The lowest BCUT2D eigenvalue weighted by atomic mass is 9.81. The molecule has 1 atom stereocenters. The fraction of sp³-hybridized carbons (Fsp3) is 0.917. The Morgan fingerprint density at radius 3 is 2.69 bits per heavy atom. The first-order chi connectivity index (χ1) is 7.64. The van der Waals surface area contributed by atoms with Crippen LogP contribution in [-0.2, 0) is 4.79 Å². The van der Waals surface area contributed by atoms with Crippen molar-refractivity contribution in [3.05, 3.63) is 0 Å². The third-order valence-electron chi connectivity index (χ3n) is 3.96. The number of carbonyl (C=O) groups excluding carboxylic acids is 1. The molecule has 2 heterocycles. The van der Waals surface area contributed by atoms with E-state index in [4.69, 9.17) is 0 Å². The number of amides is 1. The van der Waals surface area contributed by atoms with Crippen LogP contribution in [0, 0.1) is 5.41 Å². The summed E-state index contributed by atoms with van der Waals surface area (Å²) in [5, 5.41) is 3.22. The van der Waals surface area contributed by atoms with Gasteiger partial charge in [-0.25, -0.2) is 0 Å². The van der Waals surface area contributed by atoms with Crippen molar-refractivity contribution < 1.29 is 9.18 Å². The van der Waals surface area contributed by atoms with Crippen molar-refractivity contribution >= 4 is 5.91 Å². The lowest BCUT2D eigenvalue weighted by molar-refractivity contribution is -0.135. The van der Waals surface area contributed by atoms with Crippen LogP contribution >= 0.6 is 0 Å². The van der Waals surface area contributed by atoms with E-state index in [2.05, 4.69) is 5.32 Å². The molecule has 2 fully saturated rings. The lowest BCUT2D eigenvalue weighted by Crippen LogP contribution is -2.49. The van der Waals surface area contributed by atoms with Crippen LogP contribution in [0.15, 0.2) is 0 Å². The molecule has 3 nitrogen and oxygen atoms in total. The van der Waals surface area contributed by atoms with Crippen LogP contribution < -0.4 is 5.32 Å². The topological polar surface area (TPSA) is 32.3 Å². The summed E-state index contributed by atoms with van der Waals surface area (Å²) in [7, 11) is 0. The molecule has 0 spiro atoms. The van der Waals surface area contributed by atoms with Crippen molar-refractivity contribution in [1.29, 1.82) is 0 Å². The maximum absolute atomic E-state index is 12.8. The minimum atomic E-state index is -0.267. The SMILES string of the molecule is CC1(CF)CCN(C(=O)[C@H]2CCCN2)CC1. The van der Waals surface area contributed by atoms with Crippen LogP contribution in [0.25, 0.3) is 0 Å². The number of rotatable bonds is 2. The first-order valence-corrected chi connectivity index (χ1v) is 6.23. The standard InChI is InChI=1S/C12H21FN2O/c1-12(9-13)4-7-15(8-5-12)11(16)10-3-2-6-14-10/h10,14H,2-9H2,1H3/t10-/m1/s1. The van der Waals surface area contributed by atoms with Gasteiger partial charge in [-0.2, -0.15) is 0 Å². The third kappa shape index (κ3) is 2.37. The first kappa shape index (κ1) is 11.8. The second-order valence-electron chi connectivity index (χ2n) is 5.42. The molecular weight excluding hydrogens is 207 g/mol. The number of hydrogen-bond donors (Lipinski definition) is 1. The average Bonchev–Trinajstić information content (AvgIpc) is 2.83. The largest absolute Gasteiger partial charge is 0.341 e. The highest BCUT2D eigenvalue weighted by Gasteiger charge is 2.34. The van der Waals surface area contributed by atoms with Gasteiger partial charge in [0.25, 0.3) is 0 Å². The zero-order valence-corrected chi connectivity index (χ0v) is 9.97. The van der Waals surface area contributed by atoms with E-state index in [0.717, 1.165) is 45.3 Å². The van der Waals surface area contributed by atoms with E-state index >= 15 is 0 Å². The summed E-state index contributed by atoms with van der Waals surface area (Å²) in [6, 6.07) is 0.0229. The highest BCUT2D eigenvalue weighted by Crippen LogP contribution is 2.31. The van der Waals surface area contributed by atoms with Crippen molar-refractivity contribution in [2.75, 3.05) is 26.3 Å². The first-order valence-electron chi connectivity index (χ1n) is 6.23. The molecule has 2 saturated heterocycles. The summed E-state index contributed by atoms with van der Waals surface area (Å²) in [5.41, 5.74) is -0.195. The van der Waals surface area contributed by atoms with Crippen molar-refractivity contribution in [3.8, 4) is 0 Å². The minimum Gasteiger partial charge on any atom is -0.341 e.